The minimum Gasteiger partial charge on any atom is -0.482 e. The molecule has 8 nitrogen and oxygen atoms in total. The summed E-state index contributed by atoms with van der Waals surface area (Å²) in [6, 6.07) is 16.7. The van der Waals surface area contributed by atoms with Crippen LogP contribution in [0.25, 0.3) is 5.57 Å². The first-order valence-corrected chi connectivity index (χ1v) is 10.9. The lowest BCUT2D eigenvalue weighted by Gasteiger charge is -2.31. The van der Waals surface area contributed by atoms with E-state index in [0.717, 1.165) is 16.8 Å². The van der Waals surface area contributed by atoms with E-state index in [1.54, 1.807) is 23.2 Å². The van der Waals surface area contributed by atoms with E-state index in [1.165, 1.54) is 7.11 Å². The number of carboxylic acid groups (broad SMARTS) is 1. The van der Waals surface area contributed by atoms with Crippen LogP contribution in [0.5, 0.6) is 0 Å². The molecule has 4 rings (SSSR count). The lowest BCUT2D eigenvalue weighted by Crippen LogP contribution is -2.38. The number of methoxy groups -OCH3 is 1. The Morgan fingerprint density at radius 3 is 2.53 bits per heavy atom. The zero-order valence-electron chi connectivity index (χ0n) is 18.7. The van der Waals surface area contributed by atoms with Crippen molar-refractivity contribution >= 4 is 28.8 Å². The molecule has 1 aliphatic carbocycles. The first-order valence-electron chi connectivity index (χ1n) is 10.9. The molecule has 0 radical (unpaired) electrons. The highest BCUT2D eigenvalue weighted by atomic mass is 16.5. The molecule has 0 spiro atoms. The van der Waals surface area contributed by atoms with Gasteiger partial charge in [-0.2, -0.15) is 0 Å². The van der Waals surface area contributed by atoms with Crippen LogP contribution in [0.4, 0.5) is 5.69 Å². The summed E-state index contributed by atoms with van der Waals surface area (Å²) in [6.07, 6.45) is 4.12. The van der Waals surface area contributed by atoms with Gasteiger partial charge in [0.05, 0.1) is 18.5 Å². The number of allylic oxidation sites excluding steroid dienone is 4. The third-order valence-corrected chi connectivity index (χ3v) is 5.89. The lowest BCUT2D eigenvalue weighted by atomic mass is 9.82. The van der Waals surface area contributed by atoms with Crippen molar-refractivity contribution in [2.75, 3.05) is 12.1 Å². The first-order chi connectivity index (χ1) is 16.4. The molecule has 0 saturated carbocycles. The summed E-state index contributed by atoms with van der Waals surface area (Å²) in [4.78, 5) is 24.8. The molecule has 8 heteroatoms. The van der Waals surface area contributed by atoms with E-state index >= 15 is 0 Å². The number of nitrogens with zero attached hydrogens (tertiary/aromatic N) is 1. The Bertz CT molecular complexity index is 1210. The number of benzene rings is 2. The number of nitrogen functional groups attached to an aromatic ring is 1. The monoisotopic (exact) mass is 458 g/mol. The van der Waals surface area contributed by atoms with Crippen LogP contribution in [0, 0.1) is 11.3 Å². The Hall–Kier alpha value is -4.33. The van der Waals surface area contributed by atoms with Gasteiger partial charge in [-0.05, 0) is 41.8 Å². The summed E-state index contributed by atoms with van der Waals surface area (Å²) in [5.41, 5.74) is 13.1. The van der Waals surface area contributed by atoms with Crippen molar-refractivity contribution in [2.24, 2.45) is 11.7 Å². The van der Waals surface area contributed by atoms with Crippen molar-refractivity contribution in [3.8, 4) is 0 Å². The Morgan fingerprint density at radius 1 is 1.21 bits per heavy atom. The van der Waals surface area contributed by atoms with Crippen molar-refractivity contribution < 1.29 is 19.4 Å². The maximum atomic E-state index is 13.5. The average Bonchev–Trinajstić information content (AvgIpc) is 3.00. The molecule has 0 aromatic heterocycles. The predicted octanol–water partition coefficient (Wildman–Crippen LogP) is 3.57. The van der Waals surface area contributed by atoms with Gasteiger partial charge < -0.3 is 15.6 Å². The molecule has 2 aliphatic rings. The highest BCUT2D eigenvalue weighted by Gasteiger charge is 2.34. The molecule has 2 aromatic carbocycles. The second kappa shape index (κ2) is 9.66. The third-order valence-electron chi connectivity index (χ3n) is 5.89. The maximum absolute atomic E-state index is 13.5. The van der Waals surface area contributed by atoms with Gasteiger partial charge in [0.2, 0.25) is 5.88 Å². The fraction of sp³-hybridized carbons (Fsp3) is 0.192. The number of aliphatic carboxylic acids is 1. The number of anilines is 1. The van der Waals surface area contributed by atoms with Gasteiger partial charge in [0, 0.05) is 29.9 Å². The quantitative estimate of drug-likeness (QED) is 0.369. The molecule has 0 saturated heterocycles. The van der Waals surface area contributed by atoms with E-state index in [9.17, 15) is 14.7 Å². The van der Waals surface area contributed by atoms with E-state index in [-0.39, 0.29) is 30.9 Å². The molecule has 34 heavy (non-hydrogen) atoms. The second-order valence-electron chi connectivity index (χ2n) is 8.12. The largest absolute Gasteiger partial charge is 0.482 e. The van der Waals surface area contributed by atoms with Crippen LogP contribution in [0.1, 0.15) is 30.4 Å². The number of ketones is 1. The third kappa shape index (κ3) is 4.71. The summed E-state index contributed by atoms with van der Waals surface area (Å²) in [5, 5.41) is 18.7. The summed E-state index contributed by atoms with van der Waals surface area (Å²) < 4.78 is 5.52. The fourth-order valence-corrected chi connectivity index (χ4v) is 4.21. The van der Waals surface area contributed by atoms with Crippen molar-refractivity contribution in [1.82, 2.24) is 5.43 Å². The van der Waals surface area contributed by atoms with E-state index in [1.807, 2.05) is 48.5 Å². The van der Waals surface area contributed by atoms with Crippen molar-refractivity contribution in [2.45, 2.75) is 19.3 Å². The van der Waals surface area contributed by atoms with Gasteiger partial charge in [-0.3, -0.25) is 25.4 Å². The number of nitrogens with one attached hydrogen (secondary N) is 2. The van der Waals surface area contributed by atoms with Gasteiger partial charge >= 0.3 is 5.97 Å². The molecule has 0 bridgehead atoms. The van der Waals surface area contributed by atoms with Crippen LogP contribution in [0.2, 0.25) is 0 Å². The topological polar surface area (TPSA) is 129 Å². The number of hydrogen-bond donors (Lipinski definition) is 4. The summed E-state index contributed by atoms with van der Waals surface area (Å²) in [5.74, 6) is -1.01. The molecule has 1 atom stereocenters. The van der Waals surface area contributed by atoms with E-state index in [0.29, 0.717) is 22.7 Å². The number of hydrazine groups is 1. The highest BCUT2D eigenvalue weighted by molar-refractivity contribution is 6.07. The van der Waals surface area contributed by atoms with Crippen LogP contribution in [0.3, 0.4) is 0 Å². The number of carbonyl (C=O) groups excluding carboxylic acids is 1. The van der Waals surface area contributed by atoms with Crippen LogP contribution in [0.15, 0.2) is 83.9 Å². The van der Waals surface area contributed by atoms with Gasteiger partial charge in [-0.25, -0.2) is 0 Å². The highest BCUT2D eigenvalue weighted by Crippen LogP contribution is 2.38. The smallest absolute Gasteiger partial charge is 0.303 e. The zero-order chi connectivity index (χ0) is 24.2. The Balaban J connectivity index is 1.85. The number of ether oxygens (including phenoxy) is 1. The number of rotatable bonds is 7. The second-order valence-corrected chi connectivity index (χ2v) is 8.12. The van der Waals surface area contributed by atoms with Crippen LogP contribution < -0.4 is 16.2 Å². The van der Waals surface area contributed by atoms with Crippen LogP contribution in [-0.4, -0.2) is 29.8 Å². The number of amidine groups is 1. The molecular weight excluding hydrogens is 432 g/mol. The Kier molecular flexibility index (Phi) is 6.49. The maximum Gasteiger partial charge on any atom is 0.303 e. The number of nitrogens with two attached hydrogens (primary N) is 1. The van der Waals surface area contributed by atoms with Gasteiger partial charge in [0.25, 0.3) is 0 Å². The zero-order valence-corrected chi connectivity index (χ0v) is 18.7. The van der Waals surface area contributed by atoms with Crippen LogP contribution >= 0.6 is 0 Å². The first kappa shape index (κ1) is 22.8. The van der Waals surface area contributed by atoms with Gasteiger partial charge in [0.15, 0.2) is 5.78 Å². The molecule has 1 heterocycles. The number of Topliss-reactive ketones (excluding diaryl/α,β-unsaturated/α-hetero) is 1. The standard InChI is InChI=1S/C26H26N4O4/c1-34-23-15-18(11-12-24(32)33)25-21(30(29-23)20-5-3-2-4-6-20)13-19(14-22(25)31)16-7-9-17(10-8-16)26(27)28/h2-10,13,15,18,29H,11-12,14H2,1H3,(H3,27,28)(H,32,33). The number of carboxylic acids is 1. The van der Waals surface area contributed by atoms with Crippen molar-refractivity contribution in [1.29, 1.82) is 5.41 Å². The molecule has 5 N–H and O–H groups in total. The normalized spacial score (nSPS) is 17.7. The molecule has 1 aliphatic heterocycles. The summed E-state index contributed by atoms with van der Waals surface area (Å²) in [6.45, 7) is 0. The minimum absolute atomic E-state index is 0.0205. The Morgan fingerprint density at radius 2 is 1.91 bits per heavy atom. The van der Waals surface area contributed by atoms with E-state index in [2.05, 4.69) is 5.43 Å². The summed E-state index contributed by atoms with van der Waals surface area (Å²) in [7, 11) is 1.53. The molecule has 0 fully saturated rings. The van der Waals surface area contributed by atoms with Gasteiger partial charge in [-0.15, -0.1) is 0 Å². The molecule has 2 aromatic rings. The average molecular weight is 459 g/mol. The predicted molar refractivity (Wildman–Crippen MR) is 130 cm³/mol. The van der Waals surface area contributed by atoms with E-state index < -0.39 is 11.9 Å². The van der Waals surface area contributed by atoms with Crippen molar-refractivity contribution in [3.05, 3.63) is 95.0 Å². The molecular formula is C26H26N4O4. The molecule has 1 unspecified atom stereocenters. The Labute approximate surface area is 197 Å². The number of hydrogen-bond acceptors (Lipinski definition) is 6. The number of para-hydroxylation sites is 1. The fourth-order valence-electron chi connectivity index (χ4n) is 4.21. The van der Waals surface area contributed by atoms with E-state index in [4.69, 9.17) is 15.9 Å². The summed E-state index contributed by atoms with van der Waals surface area (Å²) >= 11 is 0. The molecule has 0 amide bonds. The minimum atomic E-state index is -0.920. The van der Waals surface area contributed by atoms with Crippen molar-refractivity contribution in [3.63, 3.8) is 0 Å². The number of carbonyl (C=O) groups is 2. The van der Waals surface area contributed by atoms with Gasteiger partial charge in [-0.1, -0.05) is 42.5 Å². The van der Waals surface area contributed by atoms with Gasteiger partial charge in [0.1, 0.15) is 5.84 Å². The lowest BCUT2D eigenvalue weighted by molar-refractivity contribution is -0.137. The van der Waals surface area contributed by atoms with Crippen LogP contribution in [-0.2, 0) is 14.3 Å². The SMILES string of the molecule is COC1=CC(CCC(=O)O)C2=C(C=C(c3ccc(C(=N)N)cc3)CC2=O)N(c2ccccc2)N1. The molecule has 174 valence electrons.